The molecule has 0 bridgehead atoms. The van der Waals surface area contributed by atoms with Gasteiger partial charge in [0.1, 0.15) is 30.3 Å². The van der Waals surface area contributed by atoms with Gasteiger partial charge in [-0.3, -0.25) is 19.8 Å². The number of anilines is 1. The Morgan fingerprint density at radius 2 is 1.82 bits per heavy atom. The van der Waals surface area contributed by atoms with Crippen molar-refractivity contribution in [3.63, 3.8) is 0 Å². The molecule has 0 radical (unpaired) electrons. The zero-order valence-electron chi connectivity index (χ0n) is 28.6. The molecule has 2 fully saturated rings. The SMILES string of the molecule is Cc1cc(-c2ncnn3cc(OCCN4CCC(c5ccc(NC6CCC(=O)NC6=O)cc5)CC4)cc23)ccc1CNC(=O)OC(C)(C)C. The lowest BCUT2D eigenvalue weighted by Crippen LogP contribution is -2.47. The number of hydrogen-bond donors (Lipinski definition) is 3. The Hall–Kier alpha value is -4.97. The second-order valence-corrected chi connectivity index (χ2v) is 13.8. The summed E-state index contributed by atoms with van der Waals surface area (Å²) in [5, 5.41) is 12.9. The molecule has 1 unspecified atom stereocenters. The number of amides is 3. The second-order valence-electron chi connectivity index (χ2n) is 13.8. The number of alkyl carbamates (subject to hydrolysis) is 1. The fourth-order valence-corrected chi connectivity index (χ4v) is 6.40. The monoisotopic (exact) mass is 667 g/mol. The first-order valence-corrected chi connectivity index (χ1v) is 17.0. The van der Waals surface area contributed by atoms with E-state index in [-0.39, 0.29) is 17.9 Å². The molecule has 3 amide bonds. The first kappa shape index (κ1) is 33.9. The van der Waals surface area contributed by atoms with Gasteiger partial charge in [-0.15, -0.1) is 0 Å². The summed E-state index contributed by atoms with van der Waals surface area (Å²) in [6.45, 7) is 11.3. The van der Waals surface area contributed by atoms with E-state index in [1.54, 1.807) is 10.8 Å². The zero-order valence-corrected chi connectivity index (χ0v) is 28.6. The van der Waals surface area contributed by atoms with Crippen LogP contribution in [0.4, 0.5) is 10.5 Å². The van der Waals surface area contributed by atoms with Gasteiger partial charge in [-0.1, -0.05) is 24.3 Å². The van der Waals surface area contributed by atoms with Crippen molar-refractivity contribution in [3.05, 3.63) is 77.7 Å². The summed E-state index contributed by atoms with van der Waals surface area (Å²) in [5.74, 6) is 0.776. The molecule has 2 aromatic carbocycles. The van der Waals surface area contributed by atoms with Crippen LogP contribution in [0, 0.1) is 6.92 Å². The number of imide groups is 1. The lowest BCUT2D eigenvalue weighted by Gasteiger charge is -2.32. The molecule has 258 valence electrons. The fraction of sp³-hybridized carbons (Fsp3) is 0.432. The number of aromatic nitrogens is 3. The third-order valence-corrected chi connectivity index (χ3v) is 9.04. The van der Waals surface area contributed by atoms with E-state index in [1.165, 1.54) is 5.56 Å². The smallest absolute Gasteiger partial charge is 0.407 e. The predicted octanol–water partition coefficient (Wildman–Crippen LogP) is 5.20. The summed E-state index contributed by atoms with van der Waals surface area (Å²) in [4.78, 5) is 42.6. The molecule has 3 N–H and O–H groups in total. The van der Waals surface area contributed by atoms with Gasteiger partial charge >= 0.3 is 6.09 Å². The maximum Gasteiger partial charge on any atom is 0.407 e. The molecule has 49 heavy (non-hydrogen) atoms. The number of fused-ring (bicyclic) bond motifs is 1. The summed E-state index contributed by atoms with van der Waals surface area (Å²) < 4.78 is 13.3. The summed E-state index contributed by atoms with van der Waals surface area (Å²) in [6, 6.07) is 16.0. The van der Waals surface area contributed by atoms with Crippen LogP contribution in [0.3, 0.4) is 0 Å². The summed E-state index contributed by atoms with van der Waals surface area (Å²) in [7, 11) is 0. The highest BCUT2D eigenvalue weighted by atomic mass is 16.6. The molecule has 6 rings (SSSR count). The summed E-state index contributed by atoms with van der Waals surface area (Å²) in [5.41, 5.74) is 6.31. The van der Waals surface area contributed by atoms with Gasteiger partial charge in [0.05, 0.1) is 17.4 Å². The largest absolute Gasteiger partial charge is 0.491 e. The maximum atomic E-state index is 12.1. The van der Waals surface area contributed by atoms with Crippen LogP contribution < -0.4 is 20.7 Å². The second kappa shape index (κ2) is 14.7. The topological polar surface area (TPSA) is 139 Å². The molecule has 0 saturated carbocycles. The van der Waals surface area contributed by atoms with Gasteiger partial charge in [0.25, 0.3) is 0 Å². The number of rotatable bonds is 10. The molecular weight excluding hydrogens is 622 g/mol. The Labute approximate surface area is 286 Å². The van der Waals surface area contributed by atoms with E-state index in [4.69, 9.17) is 9.47 Å². The van der Waals surface area contributed by atoms with Crippen LogP contribution in [0.2, 0.25) is 0 Å². The third kappa shape index (κ3) is 8.74. The number of carbonyl (C=O) groups is 3. The van der Waals surface area contributed by atoms with Gasteiger partial charge in [-0.25, -0.2) is 14.3 Å². The van der Waals surface area contributed by atoms with Crippen molar-refractivity contribution >= 4 is 29.1 Å². The molecule has 2 saturated heterocycles. The Kier molecular flexibility index (Phi) is 10.1. The normalized spacial score (nSPS) is 17.5. The van der Waals surface area contributed by atoms with Crippen LogP contribution in [0.1, 0.15) is 69.1 Å². The first-order valence-electron chi connectivity index (χ1n) is 17.0. The number of carbonyl (C=O) groups excluding carboxylic acids is 3. The van der Waals surface area contributed by atoms with E-state index in [1.807, 2.05) is 64.2 Å². The van der Waals surface area contributed by atoms with E-state index >= 15 is 0 Å². The van der Waals surface area contributed by atoms with Crippen molar-refractivity contribution in [1.82, 2.24) is 30.1 Å². The highest BCUT2D eigenvalue weighted by Gasteiger charge is 2.27. The molecule has 4 heterocycles. The van der Waals surface area contributed by atoms with Crippen LogP contribution in [0.15, 0.2) is 61.1 Å². The Bertz CT molecular complexity index is 1810. The van der Waals surface area contributed by atoms with Crippen LogP contribution in [0.25, 0.3) is 16.8 Å². The minimum absolute atomic E-state index is 0.207. The molecule has 2 aromatic heterocycles. The predicted molar refractivity (Wildman–Crippen MR) is 186 cm³/mol. The number of ether oxygens (including phenoxy) is 2. The van der Waals surface area contributed by atoms with E-state index in [0.29, 0.717) is 31.9 Å². The highest BCUT2D eigenvalue weighted by Crippen LogP contribution is 2.30. The third-order valence-electron chi connectivity index (χ3n) is 9.04. The lowest BCUT2D eigenvalue weighted by molar-refractivity contribution is -0.133. The summed E-state index contributed by atoms with van der Waals surface area (Å²) >= 11 is 0. The number of aryl methyl sites for hydroxylation is 1. The van der Waals surface area contributed by atoms with E-state index in [0.717, 1.165) is 71.8 Å². The fourth-order valence-electron chi connectivity index (χ4n) is 6.40. The first-order chi connectivity index (χ1) is 23.5. The summed E-state index contributed by atoms with van der Waals surface area (Å²) in [6.07, 6.45) is 6.01. The molecule has 0 spiro atoms. The molecule has 2 aliphatic rings. The van der Waals surface area contributed by atoms with E-state index < -0.39 is 11.7 Å². The van der Waals surface area contributed by atoms with Crippen molar-refractivity contribution in [1.29, 1.82) is 0 Å². The van der Waals surface area contributed by atoms with E-state index in [2.05, 4.69) is 49.1 Å². The van der Waals surface area contributed by atoms with Crippen LogP contribution in [0.5, 0.6) is 5.75 Å². The van der Waals surface area contributed by atoms with Crippen molar-refractivity contribution in [2.75, 3.05) is 31.6 Å². The molecule has 2 aliphatic heterocycles. The van der Waals surface area contributed by atoms with Gasteiger partial charge in [0, 0.05) is 36.8 Å². The molecule has 0 aliphatic carbocycles. The maximum absolute atomic E-state index is 12.1. The molecular formula is C37H45N7O5. The Morgan fingerprint density at radius 3 is 2.53 bits per heavy atom. The number of likely N-dealkylation sites (tertiary alicyclic amines) is 1. The van der Waals surface area contributed by atoms with Crippen molar-refractivity contribution in [2.24, 2.45) is 0 Å². The molecule has 4 aromatic rings. The van der Waals surface area contributed by atoms with Crippen molar-refractivity contribution in [2.45, 2.75) is 77.5 Å². The quantitative estimate of drug-likeness (QED) is 0.195. The van der Waals surface area contributed by atoms with Gasteiger partial charge in [0.2, 0.25) is 11.8 Å². The van der Waals surface area contributed by atoms with Crippen molar-refractivity contribution in [3.8, 4) is 17.0 Å². The zero-order chi connectivity index (χ0) is 34.5. The average molecular weight is 668 g/mol. The van der Waals surface area contributed by atoms with Gasteiger partial charge < -0.3 is 20.1 Å². The van der Waals surface area contributed by atoms with Crippen LogP contribution in [-0.4, -0.2) is 75.3 Å². The van der Waals surface area contributed by atoms with Gasteiger partial charge in [-0.2, -0.15) is 5.10 Å². The van der Waals surface area contributed by atoms with Crippen LogP contribution >= 0.6 is 0 Å². The number of benzene rings is 2. The van der Waals surface area contributed by atoms with Crippen LogP contribution in [-0.2, 0) is 20.9 Å². The molecule has 12 heteroatoms. The minimum atomic E-state index is -0.546. The average Bonchev–Trinajstić information content (AvgIpc) is 3.49. The molecule has 1 atom stereocenters. The van der Waals surface area contributed by atoms with E-state index in [9.17, 15) is 14.4 Å². The Morgan fingerprint density at radius 1 is 1.04 bits per heavy atom. The van der Waals surface area contributed by atoms with Gasteiger partial charge in [-0.05, 0) is 101 Å². The van der Waals surface area contributed by atoms with Gasteiger partial charge in [0.15, 0.2) is 0 Å². The standard InChI is InChI=1S/C37H45N7O5/c1-24-19-27(5-6-28(24)21-38-36(47)49-37(2,3)4)34-32-20-30(22-44(32)40-23-39-34)48-18-17-43-15-13-26(14-16-43)25-7-9-29(10-8-25)41-31-11-12-33(45)42-35(31)46/h5-10,19-20,22-23,26,31,41H,11-18,21H2,1-4H3,(H,38,47)(H,42,45,46). The number of nitrogens with zero attached hydrogens (tertiary/aromatic N) is 4. The number of nitrogens with one attached hydrogen (secondary N) is 3. The van der Waals surface area contributed by atoms with Crippen molar-refractivity contribution < 1.29 is 23.9 Å². The lowest BCUT2D eigenvalue weighted by atomic mass is 9.89. The number of piperidine rings is 2. The Balaban J connectivity index is 0.977. The molecule has 12 nitrogen and oxygen atoms in total. The highest BCUT2D eigenvalue weighted by molar-refractivity contribution is 6.01. The minimum Gasteiger partial charge on any atom is -0.491 e. The number of hydrogen-bond acceptors (Lipinski definition) is 9.